The van der Waals surface area contributed by atoms with Crippen molar-refractivity contribution in [3.8, 4) is 5.75 Å². The summed E-state index contributed by atoms with van der Waals surface area (Å²) in [5.74, 6) is 0.505. The summed E-state index contributed by atoms with van der Waals surface area (Å²) < 4.78 is 11.4. The Hall–Kier alpha value is -1.68. The molecule has 8 nitrogen and oxygen atoms in total. The second-order valence-corrected chi connectivity index (χ2v) is 7.63. The molecular formula is C20H30N2O6. The molecule has 28 heavy (non-hydrogen) atoms. The lowest BCUT2D eigenvalue weighted by atomic mass is 9.99. The van der Waals surface area contributed by atoms with Crippen LogP contribution in [0.5, 0.6) is 5.75 Å². The van der Waals surface area contributed by atoms with Crippen LogP contribution in [-0.4, -0.2) is 87.3 Å². The smallest absolute Gasteiger partial charge is 0.229 e. The van der Waals surface area contributed by atoms with Gasteiger partial charge in [-0.25, -0.2) is 0 Å². The lowest BCUT2D eigenvalue weighted by Gasteiger charge is -2.39. The lowest BCUT2D eigenvalue weighted by Crippen LogP contribution is -2.60. The summed E-state index contributed by atoms with van der Waals surface area (Å²) >= 11 is 0. The molecule has 0 unspecified atom stereocenters. The van der Waals surface area contributed by atoms with Crippen LogP contribution in [0.3, 0.4) is 0 Å². The Morgan fingerprint density at radius 3 is 2.61 bits per heavy atom. The van der Waals surface area contributed by atoms with Gasteiger partial charge in [0.2, 0.25) is 6.29 Å². The predicted molar refractivity (Wildman–Crippen MR) is 104 cm³/mol. The van der Waals surface area contributed by atoms with E-state index < -0.39 is 37.3 Å². The number of benzene rings is 1. The number of nitrogens with one attached hydrogen (secondary N) is 1. The van der Waals surface area contributed by atoms with E-state index in [1.807, 2.05) is 18.3 Å². The number of aromatic nitrogens is 1. The standard InChI is InChI=1S/C20H30N2O6/c1-11(2)22(3)8-7-12-9-21-13-5-4-6-14(16(12)13)27-20-19(26)18(25)17(24)15(10-23)28-20/h4-6,9,11,15,17-21,23-26H,7-8,10H2,1-3H3/t15-,17-,18+,19-,20-/m1/s1. The maximum Gasteiger partial charge on any atom is 0.229 e. The Morgan fingerprint density at radius 2 is 1.93 bits per heavy atom. The monoisotopic (exact) mass is 394 g/mol. The molecule has 0 radical (unpaired) electrons. The molecule has 1 saturated heterocycles. The SMILES string of the molecule is CC(C)N(C)CCc1c[nH]c2cccc(O[C@@H]3O[C@H](CO)[C@@H](O)[C@H](O)[C@H]3O)c12. The van der Waals surface area contributed by atoms with Crippen molar-refractivity contribution in [1.29, 1.82) is 0 Å². The zero-order valence-corrected chi connectivity index (χ0v) is 16.4. The number of hydrogen-bond donors (Lipinski definition) is 5. The third-order valence-corrected chi connectivity index (χ3v) is 5.46. The number of aliphatic hydroxyl groups excluding tert-OH is 4. The predicted octanol–water partition coefficient (Wildman–Crippen LogP) is 0.229. The largest absolute Gasteiger partial charge is 0.461 e. The highest BCUT2D eigenvalue weighted by Gasteiger charge is 2.44. The molecule has 0 amide bonds. The van der Waals surface area contributed by atoms with E-state index in [2.05, 4.69) is 30.8 Å². The van der Waals surface area contributed by atoms with Crippen molar-refractivity contribution >= 4 is 10.9 Å². The topological polar surface area (TPSA) is 118 Å². The number of ether oxygens (including phenoxy) is 2. The molecule has 156 valence electrons. The molecule has 0 aliphatic carbocycles. The minimum atomic E-state index is -1.47. The van der Waals surface area contributed by atoms with E-state index in [4.69, 9.17) is 9.47 Å². The van der Waals surface area contributed by atoms with E-state index in [1.54, 1.807) is 6.07 Å². The maximum absolute atomic E-state index is 10.3. The first-order valence-electron chi connectivity index (χ1n) is 9.59. The number of hydrogen-bond acceptors (Lipinski definition) is 7. The number of likely N-dealkylation sites (N-methyl/N-ethyl adjacent to an activating group) is 1. The molecule has 5 atom stereocenters. The van der Waals surface area contributed by atoms with Crippen LogP contribution in [0.4, 0.5) is 0 Å². The highest BCUT2D eigenvalue weighted by atomic mass is 16.7. The average Bonchev–Trinajstić information content (AvgIpc) is 3.10. The van der Waals surface area contributed by atoms with Crippen molar-refractivity contribution in [3.05, 3.63) is 30.0 Å². The van der Waals surface area contributed by atoms with Gasteiger partial charge >= 0.3 is 0 Å². The number of nitrogens with zero attached hydrogens (tertiary/aromatic N) is 1. The van der Waals surface area contributed by atoms with Crippen LogP contribution in [0.15, 0.2) is 24.4 Å². The normalized spacial score (nSPS) is 28.4. The second-order valence-electron chi connectivity index (χ2n) is 7.63. The summed E-state index contributed by atoms with van der Waals surface area (Å²) in [6, 6.07) is 5.97. The summed E-state index contributed by atoms with van der Waals surface area (Å²) in [4.78, 5) is 5.48. The number of H-pyrrole nitrogens is 1. The highest BCUT2D eigenvalue weighted by molar-refractivity contribution is 5.89. The van der Waals surface area contributed by atoms with E-state index >= 15 is 0 Å². The molecule has 2 heterocycles. The molecule has 1 aromatic heterocycles. The van der Waals surface area contributed by atoms with Crippen molar-refractivity contribution in [1.82, 2.24) is 9.88 Å². The van der Waals surface area contributed by atoms with Crippen LogP contribution in [0.25, 0.3) is 10.9 Å². The molecule has 1 aromatic carbocycles. The van der Waals surface area contributed by atoms with Crippen molar-refractivity contribution in [2.45, 2.75) is 57.0 Å². The minimum absolute atomic E-state index is 0.440. The Labute approximate surface area is 164 Å². The number of fused-ring (bicyclic) bond motifs is 1. The first-order chi connectivity index (χ1) is 13.3. The van der Waals surface area contributed by atoms with Gasteiger partial charge in [0.05, 0.1) is 6.61 Å². The summed E-state index contributed by atoms with van der Waals surface area (Å²) in [5, 5.41) is 40.4. The van der Waals surface area contributed by atoms with Crippen molar-refractivity contribution in [2.75, 3.05) is 20.2 Å². The van der Waals surface area contributed by atoms with E-state index in [0.717, 1.165) is 29.4 Å². The fourth-order valence-electron chi connectivity index (χ4n) is 3.36. The van der Waals surface area contributed by atoms with E-state index in [0.29, 0.717) is 11.8 Å². The molecule has 3 rings (SSSR count). The number of aliphatic hydroxyl groups is 4. The molecule has 0 saturated carbocycles. The van der Waals surface area contributed by atoms with Gasteiger partial charge in [-0.05, 0) is 45.0 Å². The van der Waals surface area contributed by atoms with Gasteiger partial charge < -0.3 is 39.8 Å². The first-order valence-corrected chi connectivity index (χ1v) is 9.59. The van der Waals surface area contributed by atoms with Gasteiger partial charge in [-0.2, -0.15) is 0 Å². The summed E-state index contributed by atoms with van der Waals surface area (Å²) in [6.45, 7) is 4.66. The summed E-state index contributed by atoms with van der Waals surface area (Å²) in [5.41, 5.74) is 1.96. The summed E-state index contributed by atoms with van der Waals surface area (Å²) in [7, 11) is 2.07. The van der Waals surface area contributed by atoms with E-state index in [1.165, 1.54) is 0 Å². The molecule has 5 N–H and O–H groups in total. The van der Waals surface area contributed by atoms with Gasteiger partial charge in [-0.1, -0.05) is 6.07 Å². The molecule has 0 spiro atoms. The molecule has 1 aliphatic heterocycles. The zero-order chi connectivity index (χ0) is 20.4. The van der Waals surface area contributed by atoms with Crippen LogP contribution in [0, 0.1) is 0 Å². The fourth-order valence-corrected chi connectivity index (χ4v) is 3.36. The number of aromatic amines is 1. The van der Waals surface area contributed by atoms with Gasteiger partial charge in [0.25, 0.3) is 0 Å². The van der Waals surface area contributed by atoms with Crippen LogP contribution >= 0.6 is 0 Å². The Kier molecular flexibility index (Phi) is 6.59. The van der Waals surface area contributed by atoms with Crippen molar-refractivity contribution in [3.63, 3.8) is 0 Å². The van der Waals surface area contributed by atoms with E-state index in [-0.39, 0.29) is 0 Å². The molecule has 2 aromatic rings. The maximum atomic E-state index is 10.3. The van der Waals surface area contributed by atoms with Gasteiger partial charge in [-0.3, -0.25) is 0 Å². The Morgan fingerprint density at radius 1 is 1.18 bits per heavy atom. The molecule has 1 aliphatic rings. The summed E-state index contributed by atoms with van der Waals surface area (Å²) in [6.07, 6.45) is -3.79. The van der Waals surface area contributed by atoms with Gasteiger partial charge in [0.1, 0.15) is 30.2 Å². The molecule has 0 bridgehead atoms. The third kappa shape index (κ3) is 4.17. The van der Waals surface area contributed by atoms with Gasteiger partial charge in [-0.15, -0.1) is 0 Å². The van der Waals surface area contributed by atoms with Crippen LogP contribution in [0.1, 0.15) is 19.4 Å². The minimum Gasteiger partial charge on any atom is -0.461 e. The molecular weight excluding hydrogens is 364 g/mol. The third-order valence-electron chi connectivity index (χ3n) is 5.46. The second kappa shape index (κ2) is 8.77. The van der Waals surface area contributed by atoms with Crippen LogP contribution in [0.2, 0.25) is 0 Å². The molecule has 1 fully saturated rings. The Bertz CT molecular complexity index is 777. The van der Waals surface area contributed by atoms with Crippen LogP contribution < -0.4 is 4.74 Å². The number of rotatable bonds is 7. The average molecular weight is 394 g/mol. The van der Waals surface area contributed by atoms with Crippen molar-refractivity contribution < 1.29 is 29.9 Å². The highest BCUT2D eigenvalue weighted by Crippen LogP contribution is 2.32. The van der Waals surface area contributed by atoms with E-state index in [9.17, 15) is 20.4 Å². The molecule has 8 heteroatoms. The van der Waals surface area contributed by atoms with Gasteiger partial charge in [0.15, 0.2) is 0 Å². The zero-order valence-electron chi connectivity index (χ0n) is 16.4. The fraction of sp³-hybridized carbons (Fsp3) is 0.600. The van der Waals surface area contributed by atoms with Gasteiger partial charge in [0, 0.05) is 29.7 Å². The quantitative estimate of drug-likeness (QED) is 0.456. The van der Waals surface area contributed by atoms with Crippen LogP contribution in [-0.2, 0) is 11.2 Å². The van der Waals surface area contributed by atoms with Crippen molar-refractivity contribution in [2.24, 2.45) is 0 Å². The Balaban J connectivity index is 1.83. The lowest BCUT2D eigenvalue weighted by molar-refractivity contribution is -0.277. The first kappa shape index (κ1) is 21.0.